The molecule has 1 fully saturated rings. The monoisotopic (exact) mass is 296 g/mol. The summed E-state index contributed by atoms with van der Waals surface area (Å²) in [6, 6.07) is 9.32. The number of aryl methyl sites for hydroxylation is 1. The molecule has 112 valence electrons. The highest BCUT2D eigenvalue weighted by Crippen LogP contribution is 2.31. The molecule has 0 radical (unpaired) electrons. The SMILES string of the molecule is Cc1cc(N2CCO[C@@H](C(F)(F)F)C2)c2ccccc2n1. The Morgan fingerprint density at radius 1 is 1.29 bits per heavy atom. The highest BCUT2D eigenvalue weighted by Gasteiger charge is 2.43. The summed E-state index contributed by atoms with van der Waals surface area (Å²) in [6.45, 7) is 2.18. The lowest BCUT2D eigenvalue weighted by molar-refractivity contribution is -0.221. The van der Waals surface area contributed by atoms with E-state index in [4.69, 9.17) is 4.74 Å². The molecule has 0 unspecified atom stereocenters. The molecule has 1 aliphatic rings. The molecule has 3 nitrogen and oxygen atoms in total. The predicted octanol–water partition coefficient (Wildman–Crippen LogP) is 3.31. The van der Waals surface area contributed by atoms with Crippen LogP contribution in [0.2, 0.25) is 0 Å². The second-order valence-electron chi connectivity index (χ2n) is 5.15. The molecule has 1 aromatic carbocycles. The Morgan fingerprint density at radius 3 is 2.81 bits per heavy atom. The van der Waals surface area contributed by atoms with E-state index in [1.165, 1.54) is 0 Å². The van der Waals surface area contributed by atoms with Gasteiger partial charge >= 0.3 is 6.18 Å². The van der Waals surface area contributed by atoms with Gasteiger partial charge in [0, 0.05) is 23.3 Å². The van der Waals surface area contributed by atoms with Crippen LogP contribution in [0.15, 0.2) is 30.3 Å². The number of alkyl halides is 3. The summed E-state index contributed by atoms with van der Waals surface area (Å²) in [5, 5.41) is 0.867. The highest BCUT2D eigenvalue weighted by atomic mass is 19.4. The van der Waals surface area contributed by atoms with Crippen molar-refractivity contribution in [1.82, 2.24) is 4.98 Å². The number of para-hydroxylation sites is 1. The van der Waals surface area contributed by atoms with Crippen LogP contribution in [0, 0.1) is 6.92 Å². The van der Waals surface area contributed by atoms with Crippen LogP contribution in [0.1, 0.15) is 5.69 Å². The van der Waals surface area contributed by atoms with E-state index in [9.17, 15) is 13.2 Å². The fourth-order valence-electron chi connectivity index (χ4n) is 2.61. The largest absolute Gasteiger partial charge is 0.416 e. The number of halogens is 3. The first-order valence-electron chi connectivity index (χ1n) is 6.75. The number of fused-ring (bicyclic) bond motifs is 1. The van der Waals surface area contributed by atoms with Gasteiger partial charge in [0.15, 0.2) is 6.10 Å². The Balaban J connectivity index is 2.00. The Morgan fingerprint density at radius 2 is 2.05 bits per heavy atom. The average molecular weight is 296 g/mol. The number of anilines is 1. The Bertz CT molecular complexity index is 657. The molecule has 1 saturated heterocycles. The van der Waals surface area contributed by atoms with Crippen LogP contribution >= 0.6 is 0 Å². The molecule has 0 bridgehead atoms. The number of pyridine rings is 1. The summed E-state index contributed by atoms with van der Waals surface area (Å²) in [5.41, 5.74) is 2.37. The van der Waals surface area contributed by atoms with Crippen molar-refractivity contribution in [2.24, 2.45) is 0 Å². The molecule has 6 heteroatoms. The van der Waals surface area contributed by atoms with E-state index >= 15 is 0 Å². The molecule has 1 aliphatic heterocycles. The van der Waals surface area contributed by atoms with Gasteiger partial charge in [0.2, 0.25) is 0 Å². The molecule has 0 amide bonds. The van der Waals surface area contributed by atoms with Gasteiger partial charge in [-0.2, -0.15) is 13.2 Å². The number of hydrogen-bond donors (Lipinski definition) is 0. The van der Waals surface area contributed by atoms with E-state index in [-0.39, 0.29) is 13.2 Å². The van der Waals surface area contributed by atoms with E-state index < -0.39 is 12.3 Å². The van der Waals surface area contributed by atoms with E-state index in [1.54, 1.807) is 4.90 Å². The van der Waals surface area contributed by atoms with Gasteiger partial charge in [0.25, 0.3) is 0 Å². The van der Waals surface area contributed by atoms with Gasteiger partial charge in [-0.15, -0.1) is 0 Å². The van der Waals surface area contributed by atoms with Crippen LogP contribution in [-0.4, -0.2) is 37.0 Å². The molecule has 1 atom stereocenters. The molecule has 3 rings (SSSR count). The summed E-state index contributed by atoms with van der Waals surface area (Å²) in [7, 11) is 0. The molecular formula is C15H15F3N2O. The Kier molecular flexibility index (Phi) is 3.49. The molecule has 21 heavy (non-hydrogen) atoms. The summed E-state index contributed by atoms with van der Waals surface area (Å²) in [4.78, 5) is 6.15. The number of aromatic nitrogens is 1. The molecule has 1 aromatic heterocycles. The van der Waals surface area contributed by atoms with Gasteiger partial charge in [-0.3, -0.25) is 4.98 Å². The van der Waals surface area contributed by atoms with Crippen LogP contribution in [0.3, 0.4) is 0 Å². The first-order valence-corrected chi connectivity index (χ1v) is 6.75. The first kappa shape index (κ1) is 14.1. The van der Waals surface area contributed by atoms with Gasteiger partial charge in [0.05, 0.1) is 18.7 Å². The number of hydrogen-bond acceptors (Lipinski definition) is 3. The van der Waals surface area contributed by atoms with Crippen molar-refractivity contribution < 1.29 is 17.9 Å². The molecule has 0 spiro atoms. The first-order chi connectivity index (χ1) is 9.95. The molecule has 2 heterocycles. The van der Waals surface area contributed by atoms with Crippen LogP contribution < -0.4 is 4.90 Å². The molecular weight excluding hydrogens is 281 g/mol. The van der Waals surface area contributed by atoms with Gasteiger partial charge in [-0.05, 0) is 19.1 Å². The van der Waals surface area contributed by atoms with Gasteiger partial charge in [-0.25, -0.2) is 0 Å². The van der Waals surface area contributed by atoms with E-state index in [1.807, 2.05) is 37.3 Å². The van der Waals surface area contributed by atoms with E-state index in [0.29, 0.717) is 6.54 Å². The van der Waals surface area contributed by atoms with E-state index in [0.717, 1.165) is 22.3 Å². The van der Waals surface area contributed by atoms with Gasteiger partial charge in [0.1, 0.15) is 0 Å². The lowest BCUT2D eigenvalue weighted by Gasteiger charge is -2.35. The number of rotatable bonds is 1. The summed E-state index contributed by atoms with van der Waals surface area (Å²) in [5.74, 6) is 0. The van der Waals surface area contributed by atoms with E-state index in [2.05, 4.69) is 4.98 Å². The third kappa shape index (κ3) is 2.81. The zero-order chi connectivity index (χ0) is 15.0. The summed E-state index contributed by atoms with van der Waals surface area (Å²) >= 11 is 0. The fraction of sp³-hybridized carbons (Fsp3) is 0.400. The second kappa shape index (κ2) is 5.18. The standard InChI is InChI=1S/C15H15F3N2O/c1-10-8-13(11-4-2-3-5-12(11)19-10)20-6-7-21-14(9-20)15(16,17)18/h2-5,8,14H,6-7,9H2,1H3/t14-/m1/s1. The van der Waals surface area contributed by atoms with Crippen molar-refractivity contribution in [3.8, 4) is 0 Å². The molecule has 0 saturated carbocycles. The second-order valence-corrected chi connectivity index (χ2v) is 5.15. The topological polar surface area (TPSA) is 25.4 Å². The minimum absolute atomic E-state index is 0.0693. The normalized spacial score (nSPS) is 20.0. The number of nitrogens with zero attached hydrogens (tertiary/aromatic N) is 2. The molecule has 2 aromatic rings. The average Bonchev–Trinajstić information content (AvgIpc) is 2.45. The minimum Gasteiger partial charge on any atom is -0.366 e. The molecule has 0 N–H and O–H groups in total. The van der Waals surface area contributed by atoms with Gasteiger partial charge < -0.3 is 9.64 Å². The third-order valence-electron chi connectivity index (χ3n) is 3.59. The maximum Gasteiger partial charge on any atom is 0.416 e. The smallest absolute Gasteiger partial charge is 0.366 e. The van der Waals surface area contributed by atoms with Crippen molar-refractivity contribution >= 4 is 16.6 Å². The third-order valence-corrected chi connectivity index (χ3v) is 3.59. The van der Waals surface area contributed by atoms with Crippen molar-refractivity contribution in [1.29, 1.82) is 0 Å². The van der Waals surface area contributed by atoms with Gasteiger partial charge in [-0.1, -0.05) is 18.2 Å². The highest BCUT2D eigenvalue weighted by molar-refractivity contribution is 5.92. The van der Waals surface area contributed by atoms with Crippen LogP contribution in [0.25, 0.3) is 10.9 Å². The number of ether oxygens (including phenoxy) is 1. The Hall–Kier alpha value is -1.82. The Labute approximate surface area is 120 Å². The van der Waals surface area contributed by atoms with Crippen LogP contribution in [0.5, 0.6) is 0 Å². The quantitative estimate of drug-likeness (QED) is 0.807. The van der Waals surface area contributed by atoms with Crippen LogP contribution in [0.4, 0.5) is 18.9 Å². The molecule has 0 aliphatic carbocycles. The van der Waals surface area contributed by atoms with Crippen molar-refractivity contribution in [3.05, 3.63) is 36.0 Å². The maximum atomic E-state index is 12.9. The van der Waals surface area contributed by atoms with Crippen LogP contribution in [-0.2, 0) is 4.74 Å². The minimum atomic E-state index is -4.34. The zero-order valence-electron chi connectivity index (χ0n) is 11.5. The maximum absolute atomic E-state index is 12.9. The number of benzene rings is 1. The number of morpholine rings is 1. The van der Waals surface area contributed by atoms with Crippen molar-refractivity contribution in [2.75, 3.05) is 24.6 Å². The lowest BCUT2D eigenvalue weighted by Crippen LogP contribution is -2.49. The van der Waals surface area contributed by atoms with Crippen molar-refractivity contribution in [3.63, 3.8) is 0 Å². The lowest BCUT2D eigenvalue weighted by atomic mass is 10.1. The summed E-state index contributed by atoms with van der Waals surface area (Å²) in [6.07, 6.45) is -6.07. The summed E-state index contributed by atoms with van der Waals surface area (Å²) < 4.78 is 43.4. The van der Waals surface area contributed by atoms with Crippen molar-refractivity contribution in [2.45, 2.75) is 19.2 Å². The predicted molar refractivity (Wildman–Crippen MR) is 74.5 cm³/mol. The zero-order valence-corrected chi connectivity index (χ0v) is 11.5. The fourth-order valence-corrected chi connectivity index (χ4v) is 2.61.